The Labute approximate surface area is 184 Å². The maximum atomic E-state index is 12.1. The number of esters is 1. The summed E-state index contributed by atoms with van der Waals surface area (Å²) in [6.07, 6.45) is -0.197. The van der Waals surface area contributed by atoms with Gasteiger partial charge in [-0.1, -0.05) is 55.8 Å². The highest BCUT2D eigenvalue weighted by Crippen LogP contribution is 2.43. The zero-order valence-corrected chi connectivity index (χ0v) is 19.7. The quantitative estimate of drug-likeness (QED) is 0.304. The van der Waals surface area contributed by atoms with Gasteiger partial charge in [0.25, 0.3) is 0 Å². The Hall–Kier alpha value is -1.30. The van der Waals surface area contributed by atoms with Crippen molar-refractivity contribution in [3.63, 3.8) is 0 Å². The molecule has 6 heteroatoms. The van der Waals surface area contributed by atoms with Crippen molar-refractivity contribution in [1.29, 1.82) is 0 Å². The molecule has 0 heterocycles. The van der Waals surface area contributed by atoms with E-state index >= 15 is 0 Å². The van der Waals surface area contributed by atoms with Crippen LogP contribution in [0.3, 0.4) is 0 Å². The first kappa shape index (κ1) is 24.7. The molecule has 28 heavy (non-hydrogen) atoms. The lowest BCUT2D eigenvalue weighted by molar-refractivity contribution is -0.163. The Morgan fingerprint density at radius 1 is 1.00 bits per heavy atom. The molecule has 0 aliphatic carbocycles. The predicted molar refractivity (Wildman–Crippen MR) is 124 cm³/mol. The van der Waals surface area contributed by atoms with Crippen molar-refractivity contribution in [2.45, 2.75) is 57.3 Å². The summed E-state index contributed by atoms with van der Waals surface area (Å²) in [7, 11) is 0. The average Bonchev–Trinajstić information content (AvgIpc) is 2.63. The number of hydrogen-bond donors (Lipinski definition) is 2. The van der Waals surface area contributed by atoms with Gasteiger partial charge in [0, 0.05) is 10.6 Å². The van der Waals surface area contributed by atoms with Crippen molar-refractivity contribution in [1.82, 2.24) is 0 Å². The van der Waals surface area contributed by atoms with Crippen LogP contribution < -0.4 is 4.74 Å². The first-order valence-corrected chi connectivity index (χ1v) is 10.5. The Morgan fingerprint density at radius 2 is 1.54 bits per heavy atom. The van der Waals surface area contributed by atoms with Crippen LogP contribution in [0, 0.1) is 0 Å². The second-order valence-electron chi connectivity index (χ2n) is 6.74. The number of carbonyl (C=O) groups is 1. The maximum Gasteiger partial charge on any atom is 0.350 e. The molecule has 2 rings (SSSR count). The SMILES string of the molecule is CC.CC(C)OC(=O)C(C)(C)Oc1ccc(C(S)(S)c2ccccc2Cl)cc1. The van der Waals surface area contributed by atoms with E-state index in [-0.39, 0.29) is 6.10 Å². The van der Waals surface area contributed by atoms with E-state index in [0.29, 0.717) is 10.8 Å². The largest absolute Gasteiger partial charge is 0.476 e. The van der Waals surface area contributed by atoms with Crippen molar-refractivity contribution in [2.24, 2.45) is 0 Å². The molecule has 0 bridgehead atoms. The number of thiol groups is 2. The summed E-state index contributed by atoms with van der Waals surface area (Å²) in [6.45, 7) is 11.0. The van der Waals surface area contributed by atoms with Gasteiger partial charge in [-0.2, -0.15) is 25.3 Å². The van der Waals surface area contributed by atoms with Crippen molar-refractivity contribution in [3.8, 4) is 5.75 Å². The Morgan fingerprint density at radius 3 is 2.04 bits per heavy atom. The lowest BCUT2D eigenvalue weighted by Crippen LogP contribution is -2.40. The first-order chi connectivity index (χ1) is 13.0. The molecule has 0 N–H and O–H groups in total. The van der Waals surface area contributed by atoms with Crippen LogP contribution in [-0.2, 0) is 13.6 Å². The molecule has 0 atom stereocenters. The van der Waals surface area contributed by atoms with Gasteiger partial charge >= 0.3 is 5.97 Å². The van der Waals surface area contributed by atoms with Gasteiger partial charge in [-0.05, 0) is 51.5 Å². The summed E-state index contributed by atoms with van der Waals surface area (Å²) in [6, 6.07) is 14.7. The molecule has 0 radical (unpaired) electrons. The summed E-state index contributed by atoms with van der Waals surface area (Å²) in [4.78, 5) is 12.1. The number of hydrogen-bond acceptors (Lipinski definition) is 5. The minimum atomic E-state index is -1.09. The molecule has 0 aromatic heterocycles. The van der Waals surface area contributed by atoms with E-state index in [2.05, 4.69) is 0 Å². The fourth-order valence-electron chi connectivity index (χ4n) is 2.35. The van der Waals surface area contributed by atoms with E-state index in [1.54, 1.807) is 45.9 Å². The number of ether oxygens (including phenoxy) is 2. The highest BCUT2D eigenvalue weighted by molar-refractivity contribution is 8.00. The second-order valence-corrected chi connectivity index (χ2v) is 8.84. The van der Waals surface area contributed by atoms with E-state index < -0.39 is 15.6 Å². The third-order valence-corrected chi connectivity index (χ3v) is 5.04. The molecule has 0 aliphatic heterocycles. The second kappa shape index (κ2) is 10.5. The van der Waals surface area contributed by atoms with Crippen LogP contribution in [0.1, 0.15) is 52.7 Å². The number of carbonyl (C=O) groups excluding carboxylic acids is 1. The predicted octanol–water partition coefficient (Wildman–Crippen LogP) is 6.54. The summed E-state index contributed by atoms with van der Waals surface area (Å²) >= 11 is 15.7. The Kier molecular flexibility index (Phi) is 9.25. The fraction of sp³-hybridized carbons (Fsp3) is 0.409. The fourth-order valence-corrected chi connectivity index (χ4v) is 3.44. The summed E-state index contributed by atoms with van der Waals surface area (Å²) in [5.74, 6) is 0.140. The lowest BCUT2D eigenvalue weighted by Gasteiger charge is -2.27. The van der Waals surface area contributed by atoms with Crippen LogP contribution >= 0.6 is 36.9 Å². The van der Waals surface area contributed by atoms with Gasteiger partial charge in [-0.25, -0.2) is 4.79 Å². The maximum absolute atomic E-state index is 12.1. The monoisotopic (exact) mass is 440 g/mol. The van der Waals surface area contributed by atoms with Crippen LogP contribution in [0.15, 0.2) is 48.5 Å². The van der Waals surface area contributed by atoms with Gasteiger partial charge in [0.05, 0.1) is 6.10 Å². The molecule has 0 saturated heterocycles. The van der Waals surface area contributed by atoms with Crippen molar-refractivity contribution < 1.29 is 14.3 Å². The lowest BCUT2D eigenvalue weighted by atomic mass is 10.0. The van der Waals surface area contributed by atoms with Crippen LogP contribution in [0.4, 0.5) is 0 Å². The summed E-state index contributed by atoms with van der Waals surface area (Å²) in [5, 5.41) is 0.593. The molecule has 0 aliphatic rings. The summed E-state index contributed by atoms with van der Waals surface area (Å²) in [5.41, 5.74) is 0.545. The Bertz CT molecular complexity index is 772. The van der Waals surface area contributed by atoms with Crippen LogP contribution in [0.5, 0.6) is 5.75 Å². The molecule has 0 unspecified atom stereocenters. The molecule has 154 valence electrons. The van der Waals surface area contributed by atoms with Gasteiger partial charge in [0.1, 0.15) is 9.83 Å². The molecule has 0 spiro atoms. The smallest absolute Gasteiger partial charge is 0.350 e. The van der Waals surface area contributed by atoms with Crippen molar-refractivity contribution >= 4 is 42.8 Å². The molecule has 0 fully saturated rings. The van der Waals surface area contributed by atoms with Crippen LogP contribution in [0.25, 0.3) is 0 Å². The minimum Gasteiger partial charge on any atom is -0.476 e. The molecule has 0 amide bonds. The van der Waals surface area contributed by atoms with E-state index in [0.717, 1.165) is 11.1 Å². The van der Waals surface area contributed by atoms with Gasteiger partial charge < -0.3 is 9.47 Å². The van der Waals surface area contributed by atoms with Gasteiger partial charge in [-0.3, -0.25) is 0 Å². The molecular weight excluding hydrogens is 412 g/mol. The van der Waals surface area contributed by atoms with Crippen molar-refractivity contribution in [2.75, 3.05) is 0 Å². The van der Waals surface area contributed by atoms with Crippen LogP contribution in [0.2, 0.25) is 5.02 Å². The summed E-state index contributed by atoms with van der Waals surface area (Å²) < 4.78 is 10.2. The Balaban J connectivity index is 0.00000190. The zero-order chi connectivity index (χ0) is 21.5. The molecule has 0 saturated carbocycles. The number of rotatable bonds is 6. The zero-order valence-electron chi connectivity index (χ0n) is 17.2. The van der Waals surface area contributed by atoms with Gasteiger partial charge in [0.2, 0.25) is 0 Å². The number of halogens is 1. The number of benzene rings is 2. The normalized spacial score (nSPS) is 11.5. The molecule has 2 aromatic carbocycles. The highest BCUT2D eigenvalue weighted by atomic mass is 35.5. The molecular formula is C22H29ClO3S2. The third kappa shape index (κ3) is 6.36. The van der Waals surface area contributed by atoms with E-state index in [9.17, 15) is 4.79 Å². The van der Waals surface area contributed by atoms with E-state index in [1.165, 1.54) is 0 Å². The minimum absolute atomic E-state index is 0.197. The topological polar surface area (TPSA) is 35.5 Å². The first-order valence-electron chi connectivity index (χ1n) is 9.24. The molecule has 3 nitrogen and oxygen atoms in total. The van der Waals surface area contributed by atoms with E-state index in [1.807, 2.05) is 44.2 Å². The molecule has 2 aromatic rings. The standard InChI is InChI=1S/C20H23ClO3S2.C2H6/c1-13(2)23-18(22)19(3,4)24-15-11-9-14(10-12-15)20(25,26)16-7-5-6-8-17(16)21;1-2/h5-13,25-26H,1-4H3;1-2H3. The van der Waals surface area contributed by atoms with Gasteiger partial charge in [-0.15, -0.1) is 0 Å². The highest BCUT2D eigenvalue weighted by Gasteiger charge is 2.33. The van der Waals surface area contributed by atoms with Gasteiger partial charge in [0.15, 0.2) is 5.60 Å². The average molecular weight is 441 g/mol. The third-order valence-electron chi connectivity index (χ3n) is 3.71. The van der Waals surface area contributed by atoms with Crippen molar-refractivity contribution in [3.05, 3.63) is 64.7 Å². The van der Waals surface area contributed by atoms with E-state index in [4.69, 9.17) is 46.3 Å². The van der Waals surface area contributed by atoms with Crippen LogP contribution in [-0.4, -0.2) is 17.7 Å².